The van der Waals surface area contributed by atoms with Gasteiger partial charge in [0.1, 0.15) is 16.5 Å². The van der Waals surface area contributed by atoms with E-state index < -0.39 is 38.1 Å². The van der Waals surface area contributed by atoms with E-state index in [1.807, 2.05) is 0 Å². The van der Waals surface area contributed by atoms with Crippen molar-refractivity contribution in [2.45, 2.75) is 23.8 Å². The summed E-state index contributed by atoms with van der Waals surface area (Å²) in [7, 11) is -4.20. The third-order valence-electron chi connectivity index (χ3n) is 4.42. The number of halogens is 2. The lowest BCUT2D eigenvalue weighted by molar-refractivity contribution is 0.0691. The minimum absolute atomic E-state index is 0.0981. The van der Waals surface area contributed by atoms with Gasteiger partial charge in [-0.05, 0) is 25.5 Å². The summed E-state index contributed by atoms with van der Waals surface area (Å²) in [5.41, 5.74) is -0.857. The van der Waals surface area contributed by atoms with E-state index in [0.717, 1.165) is 23.7 Å². The summed E-state index contributed by atoms with van der Waals surface area (Å²) < 4.78 is 53.8. The minimum atomic E-state index is -4.20. The Balaban J connectivity index is 1.96. The lowest BCUT2D eigenvalue weighted by Crippen LogP contribution is -2.52. The number of hydrogen-bond donors (Lipinski definition) is 1. The van der Waals surface area contributed by atoms with Crippen molar-refractivity contribution in [1.82, 2.24) is 9.21 Å². The first-order valence-electron chi connectivity index (χ1n) is 7.27. The SMILES string of the molecule is O=C(O)c1cc(S(=O)(=O)N2CCN3CCCC3C2)c(F)cc1F. The number of carboxylic acid groups (broad SMARTS) is 1. The molecule has 1 N–H and O–H groups in total. The third kappa shape index (κ3) is 2.84. The van der Waals surface area contributed by atoms with Crippen LogP contribution in [0.1, 0.15) is 23.2 Å². The van der Waals surface area contributed by atoms with Crippen molar-refractivity contribution in [3.63, 3.8) is 0 Å². The second kappa shape index (κ2) is 5.81. The van der Waals surface area contributed by atoms with Gasteiger partial charge in [-0.3, -0.25) is 4.90 Å². The van der Waals surface area contributed by atoms with Gasteiger partial charge in [0.15, 0.2) is 0 Å². The van der Waals surface area contributed by atoms with Crippen molar-refractivity contribution in [3.05, 3.63) is 29.3 Å². The van der Waals surface area contributed by atoms with E-state index in [1.54, 1.807) is 0 Å². The number of sulfonamides is 1. The summed E-state index contributed by atoms with van der Waals surface area (Å²) in [6, 6.07) is 0.965. The standard InChI is InChI=1S/C14H16F2N2O4S/c15-11-7-12(16)13(6-10(11)14(19)20)23(21,22)18-5-4-17-3-1-2-9(17)8-18/h6-7,9H,1-5,8H2,(H,19,20). The Kier molecular flexibility index (Phi) is 4.11. The number of carboxylic acids is 1. The molecule has 2 saturated heterocycles. The zero-order valence-corrected chi connectivity index (χ0v) is 13.0. The highest BCUT2D eigenvalue weighted by Crippen LogP contribution is 2.28. The van der Waals surface area contributed by atoms with Gasteiger partial charge < -0.3 is 5.11 Å². The average molecular weight is 346 g/mol. The number of fused-ring (bicyclic) bond motifs is 1. The van der Waals surface area contributed by atoms with Gasteiger partial charge in [-0.25, -0.2) is 22.0 Å². The predicted octanol–water partition coefficient (Wildman–Crippen LogP) is 1.13. The Hall–Kier alpha value is -1.58. The maximum atomic E-state index is 14.0. The summed E-state index contributed by atoms with van der Waals surface area (Å²) in [6.07, 6.45) is 1.87. The number of nitrogens with zero attached hydrogens (tertiary/aromatic N) is 2. The van der Waals surface area contributed by atoms with Crippen LogP contribution < -0.4 is 0 Å². The highest BCUT2D eigenvalue weighted by atomic mass is 32.2. The van der Waals surface area contributed by atoms with Gasteiger partial charge in [0.05, 0.1) is 5.56 Å². The first-order chi connectivity index (χ1) is 10.8. The Morgan fingerprint density at radius 3 is 2.61 bits per heavy atom. The fourth-order valence-corrected chi connectivity index (χ4v) is 4.75. The molecule has 23 heavy (non-hydrogen) atoms. The second-order valence-electron chi connectivity index (χ2n) is 5.76. The van der Waals surface area contributed by atoms with E-state index in [-0.39, 0.29) is 19.1 Å². The number of piperazine rings is 1. The summed E-state index contributed by atoms with van der Waals surface area (Å²) in [5.74, 6) is -4.21. The lowest BCUT2D eigenvalue weighted by Gasteiger charge is -2.36. The van der Waals surface area contributed by atoms with Gasteiger partial charge in [0.25, 0.3) is 0 Å². The molecule has 2 aliphatic heterocycles. The first kappa shape index (κ1) is 16.3. The predicted molar refractivity (Wildman–Crippen MR) is 76.7 cm³/mol. The normalized spacial score (nSPS) is 23.0. The number of benzene rings is 1. The van der Waals surface area contributed by atoms with Crippen LogP contribution in [-0.2, 0) is 10.0 Å². The molecule has 0 amide bonds. The van der Waals surface area contributed by atoms with Gasteiger partial charge in [0, 0.05) is 31.7 Å². The Labute approximate surface area is 132 Å². The number of carbonyl (C=O) groups is 1. The molecule has 6 nitrogen and oxygen atoms in total. The minimum Gasteiger partial charge on any atom is -0.478 e. The number of aromatic carboxylic acids is 1. The topological polar surface area (TPSA) is 77.9 Å². The van der Waals surface area contributed by atoms with Crippen LogP contribution >= 0.6 is 0 Å². The molecular weight excluding hydrogens is 330 g/mol. The lowest BCUT2D eigenvalue weighted by atomic mass is 10.2. The largest absolute Gasteiger partial charge is 0.478 e. The van der Waals surface area contributed by atoms with Crippen LogP contribution in [0.4, 0.5) is 8.78 Å². The van der Waals surface area contributed by atoms with Crippen LogP contribution in [0.2, 0.25) is 0 Å². The fraction of sp³-hybridized carbons (Fsp3) is 0.500. The Morgan fingerprint density at radius 1 is 1.17 bits per heavy atom. The van der Waals surface area contributed by atoms with Crippen molar-refractivity contribution < 1.29 is 27.1 Å². The highest BCUT2D eigenvalue weighted by molar-refractivity contribution is 7.89. The molecule has 1 aromatic rings. The van der Waals surface area contributed by atoms with Crippen LogP contribution in [0, 0.1) is 11.6 Å². The maximum absolute atomic E-state index is 14.0. The molecular formula is C14H16F2N2O4S. The summed E-state index contributed by atoms with van der Waals surface area (Å²) in [5, 5.41) is 8.90. The Morgan fingerprint density at radius 2 is 1.91 bits per heavy atom. The third-order valence-corrected chi connectivity index (χ3v) is 6.30. The van der Waals surface area contributed by atoms with Gasteiger partial charge in [0.2, 0.25) is 10.0 Å². The van der Waals surface area contributed by atoms with Crippen molar-refractivity contribution in [2.24, 2.45) is 0 Å². The molecule has 126 valence electrons. The molecule has 1 unspecified atom stereocenters. The van der Waals surface area contributed by atoms with Crippen molar-refractivity contribution in [2.75, 3.05) is 26.2 Å². The average Bonchev–Trinajstić information content (AvgIpc) is 2.93. The summed E-state index contributed by atoms with van der Waals surface area (Å²) >= 11 is 0. The van der Waals surface area contributed by atoms with Crippen LogP contribution in [0.5, 0.6) is 0 Å². The van der Waals surface area contributed by atoms with E-state index in [0.29, 0.717) is 18.7 Å². The molecule has 1 atom stereocenters. The molecule has 3 rings (SSSR count). The smallest absolute Gasteiger partial charge is 0.338 e. The number of hydrogen-bond acceptors (Lipinski definition) is 4. The van der Waals surface area contributed by atoms with Crippen LogP contribution in [0.25, 0.3) is 0 Å². The zero-order chi connectivity index (χ0) is 16.8. The Bertz CT molecular complexity index is 753. The molecule has 0 spiro atoms. The molecule has 2 fully saturated rings. The van der Waals surface area contributed by atoms with Crippen molar-refractivity contribution >= 4 is 16.0 Å². The van der Waals surface area contributed by atoms with Crippen LogP contribution in [-0.4, -0.2) is 60.9 Å². The van der Waals surface area contributed by atoms with Gasteiger partial charge in [-0.15, -0.1) is 0 Å². The van der Waals surface area contributed by atoms with Gasteiger partial charge in [-0.1, -0.05) is 0 Å². The summed E-state index contributed by atoms with van der Waals surface area (Å²) in [4.78, 5) is 12.4. The van der Waals surface area contributed by atoms with E-state index in [9.17, 15) is 22.0 Å². The van der Waals surface area contributed by atoms with E-state index in [1.165, 1.54) is 0 Å². The molecule has 9 heteroatoms. The van der Waals surface area contributed by atoms with E-state index in [2.05, 4.69) is 4.90 Å². The van der Waals surface area contributed by atoms with E-state index >= 15 is 0 Å². The molecule has 2 aliphatic rings. The highest BCUT2D eigenvalue weighted by Gasteiger charge is 2.37. The van der Waals surface area contributed by atoms with Crippen LogP contribution in [0.3, 0.4) is 0 Å². The molecule has 0 aliphatic carbocycles. The molecule has 0 saturated carbocycles. The van der Waals surface area contributed by atoms with Gasteiger partial charge in [-0.2, -0.15) is 4.31 Å². The van der Waals surface area contributed by atoms with E-state index in [4.69, 9.17) is 5.11 Å². The zero-order valence-electron chi connectivity index (χ0n) is 12.2. The fourth-order valence-electron chi connectivity index (χ4n) is 3.21. The molecule has 2 heterocycles. The second-order valence-corrected chi connectivity index (χ2v) is 7.67. The molecule has 1 aromatic carbocycles. The maximum Gasteiger partial charge on any atom is 0.338 e. The van der Waals surface area contributed by atoms with Crippen LogP contribution in [0.15, 0.2) is 17.0 Å². The molecule has 0 bridgehead atoms. The monoisotopic (exact) mass is 346 g/mol. The van der Waals surface area contributed by atoms with Crippen molar-refractivity contribution in [1.29, 1.82) is 0 Å². The van der Waals surface area contributed by atoms with Gasteiger partial charge >= 0.3 is 5.97 Å². The number of rotatable bonds is 3. The first-order valence-corrected chi connectivity index (χ1v) is 8.71. The van der Waals surface area contributed by atoms with Crippen molar-refractivity contribution in [3.8, 4) is 0 Å². The molecule has 0 radical (unpaired) electrons. The summed E-state index contributed by atoms with van der Waals surface area (Å²) in [6.45, 7) is 1.92. The molecule has 0 aromatic heterocycles. The quantitative estimate of drug-likeness (QED) is 0.888.